The molecule has 0 heterocycles. The van der Waals surface area contributed by atoms with Gasteiger partial charge in [-0.15, -0.1) is 0 Å². The normalized spacial score (nSPS) is 10.9. The van der Waals surface area contributed by atoms with Crippen LogP contribution < -0.4 is 5.32 Å². The molecule has 0 fully saturated rings. The fourth-order valence-corrected chi connectivity index (χ4v) is 1.69. The monoisotopic (exact) mass is 237 g/mol. The van der Waals surface area contributed by atoms with Crippen molar-refractivity contribution in [1.82, 2.24) is 5.32 Å². The van der Waals surface area contributed by atoms with Gasteiger partial charge in [0, 0.05) is 5.56 Å². The molecule has 2 nitrogen and oxygen atoms in total. The molecule has 0 aliphatic rings. The molecule has 0 atom stereocenters. The Bertz CT molecular complexity index is 399. The molecule has 1 aromatic rings. The predicted octanol–water partition coefficient (Wildman–Crippen LogP) is 3.17. The average molecular weight is 238 g/mol. The van der Waals surface area contributed by atoms with E-state index in [2.05, 4.69) is 11.4 Å². The molecule has 0 aliphatic heterocycles. The highest BCUT2D eigenvalue weighted by atomic mass is 35.5. The Hall–Kier alpha value is -1.12. The maximum Gasteiger partial charge on any atom is 0.161 e. The first-order chi connectivity index (χ1) is 7.65. The van der Waals surface area contributed by atoms with Crippen LogP contribution in [0.2, 0.25) is 5.02 Å². The average Bonchev–Trinajstić information content (AvgIpc) is 2.24. The van der Waals surface area contributed by atoms with Gasteiger partial charge in [0.15, 0.2) is 5.78 Å². The quantitative estimate of drug-likeness (QED) is 0.630. The first kappa shape index (κ1) is 12.9. The molecular formula is C13H16ClNO. The maximum atomic E-state index is 11.2. The fourth-order valence-electron chi connectivity index (χ4n) is 1.37. The molecule has 1 rings (SSSR count). The Labute approximate surface area is 101 Å². The van der Waals surface area contributed by atoms with Gasteiger partial charge in [-0.3, -0.25) is 4.79 Å². The highest BCUT2D eigenvalue weighted by molar-refractivity contribution is 6.34. The molecule has 0 saturated carbocycles. The topological polar surface area (TPSA) is 29.1 Å². The number of nitrogens with one attached hydrogen (secondary N) is 1. The lowest BCUT2D eigenvalue weighted by atomic mass is 10.1. The summed E-state index contributed by atoms with van der Waals surface area (Å²) in [5.41, 5.74) is 1.60. The minimum absolute atomic E-state index is 0.00397. The third kappa shape index (κ3) is 3.80. The lowest BCUT2D eigenvalue weighted by Crippen LogP contribution is -2.05. The van der Waals surface area contributed by atoms with Gasteiger partial charge in [-0.25, -0.2) is 0 Å². The number of carbonyl (C=O) groups excluding carboxylic acids is 1. The molecule has 16 heavy (non-hydrogen) atoms. The first-order valence-corrected chi connectivity index (χ1v) is 5.64. The van der Waals surface area contributed by atoms with E-state index in [1.807, 2.05) is 25.3 Å². The molecule has 0 saturated heterocycles. The van der Waals surface area contributed by atoms with E-state index >= 15 is 0 Å². The van der Waals surface area contributed by atoms with E-state index in [1.165, 1.54) is 6.92 Å². The van der Waals surface area contributed by atoms with E-state index in [4.69, 9.17) is 11.6 Å². The number of carbonyl (C=O) groups is 1. The lowest BCUT2D eigenvalue weighted by molar-refractivity contribution is 0.101. The second kappa shape index (κ2) is 6.46. The van der Waals surface area contributed by atoms with E-state index in [0.717, 1.165) is 18.5 Å². The molecule has 0 unspecified atom stereocenters. The number of ketones is 1. The summed E-state index contributed by atoms with van der Waals surface area (Å²) in [5, 5.41) is 3.58. The van der Waals surface area contributed by atoms with Gasteiger partial charge in [0.1, 0.15) is 0 Å². The molecular weight excluding hydrogens is 222 g/mol. The van der Waals surface area contributed by atoms with Crippen molar-refractivity contribution in [3.05, 3.63) is 40.4 Å². The Kier molecular flexibility index (Phi) is 5.23. The number of hydrogen-bond acceptors (Lipinski definition) is 2. The van der Waals surface area contributed by atoms with Crippen LogP contribution in [0, 0.1) is 0 Å². The zero-order valence-corrected chi connectivity index (χ0v) is 10.3. The minimum atomic E-state index is -0.00397. The second-order valence-electron chi connectivity index (χ2n) is 3.59. The van der Waals surface area contributed by atoms with Crippen molar-refractivity contribution in [2.75, 3.05) is 13.6 Å². The summed E-state index contributed by atoms with van der Waals surface area (Å²) in [6.07, 6.45) is 5.06. The van der Waals surface area contributed by atoms with Gasteiger partial charge in [-0.2, -0.15) is 0 Å². The Morgan fingerprint density at radius 3 is 2.81 bits per heavy atom. The van der Waals surface area contributed by atoms with Gasteiger partial charge in [0.05, 0.1) is 5.02 Å². The summed E-state index contributed by atoms with van der Waals surface area (Å²) in [7, 11) is 1.92. The van der Waals surface area contributed by atoms with Crippen LogP contribution in [0.5, 0.6) is 0 Å². The molecule has 1 aromatic carbocycles. The third-order valence-corrected chi connectivity index (χ3v) is 2.56. The Balaban J connectivity index is 2.73. The molecule has 0 spiro atoms. The van der Waals surface area contributed by atoms with Gasteiger partial charge in [0.2, 0.25) is 0 Å². The van der Waals surface area contributed by atoms with Crippen LogP contribution in [-0.4, -0.2) is 19.4 Å². The van der Waals surface area contributed by atoms with Crippen molar-refractivity contribution in [1.29, 1.82) is 0 Å². The molecule has 86 valence electrons. The summed E-state index contributed by atoms with van der Waals surface area (Å²) < 4.78 is 0. The minimum Gasteiger partial charge on any atom is -0.319 e. The van der Waals surface area contributed by atoms with Crippen molar-refractivity contribution < 1.29 is 4.79 Å². The van der Waals surface area contributed by atoms with Crippen LogP contribution in [0.3, 0.4) is 0 Å². The Morgan fingerprint density at radius 1 is 1.50 bits per heavy atom. The molecule has 0 amide bonds. The van der Waals surface area contributed by atoms with Crippen molar-refractivity contribution in [2.45, 2.75) is 13.3 Å². The molecule has 0 aromatic heterocycles. The van der Waals surface area contributed by atoms with E-state index in [9.17, 15) is 4.79 Å². The van der Waals surface area contributed by atoms with Gasteiger partial charge < -0.3 is 5.32 Å². The van der Waals surface area contributed by atoms with Gasteiger partial charge in [-0.05, 0) is 44.6 Å². The Morgan fingerprint density at radius 2 is 2.25 bits per heavy atom. The second-order valence-corrected chi connectivity index (χ2v) is 4.00. The summed E-state index contributed by atoms with van der Waals surface area (Å²) in [5.74, 6) is -0.00397. The van der Waals surface area contributed by atoms with Crippen molar-refractivity contribution in [3.63, 3.8) is 0 Å². The summed E-state index contributed by atoms with van der Waals surface area (Å²) in [6.45, 7) is 2.47. The number of rotatable bonds is 5. The van der Waals surface area contributed by atoms with Crippen LogP contribution in [0.15, 0.2) is 24.3 Å². The number of benzene rings is 1. The SMILES string of the molecule is CNCCC=Cc1ccc(C(C)=O)c(Cl)c1. The fraction of sp³-hybridized carbons (Fsp3) is 0.308. The van der Waals surface area contributed by atoms with E-state index in [1.54, 1.807) is 6.07 Å². The van der Waals surface area contributed by atoms with E-state index in [0.29, 0.717) is 10.6 Å². The van der Waals surface area contributed by atoms with Gasteiger partial charge >= 0.3 is 0 Å². The summed E-state index contributed by atoms with van der Waals surface area (Å²) in [6, 6.07) is 5.48. The number of Topliss-reactive ketones (excluding diaryl/α,β-unsaturated/α-hetero) is 1. The van der Waals surface area contributed by atoms with E-state index in [-0.39, 0.29) is 5.78 Å². The number of halogens is 1. The predicted molar refractivity (Wildman–Crippen MR) is 69.0 cm³/mol. The number of hydrogen-bond donors (Lipinski definition) is 1. The standard InChI is InChI=1S/C13H16ClNO/c1-10(16)12-7-6-11(9-13(12)14)5-3-4-8-15-2/h3,5-7,9,15H,4,8H2,1-2H3. The first-order valence-electron chi connectivity index (χ1n) is 5.26. The summed E-state index contributed by atoms with van der Waals surface area (Å²) >= 11 is 6.00. The van der Waals surface area contributed by atoms with Gasteiger partial charge in [-0.1, -0.05) is 29.8 Å². The van der Waals surface area contributed by atoms with Crippen molar-refractivity contribution in [2.24, 2.45) is 0 Å². The maximum absolute atomic E-state index is 11.2. The van der Waals surface area contributed by atoms with Crippen LogP contribution >= 0.6 is 11.6 Å². The zero-order valence-electron chi connectivity index (χ0n) is 9.59. The largest absolute Gasteiger partial charge is 0.319 e. The highest BCUT2D eigenvalue weighted by Gasteiger charge is 2.04. The smallest absolute Gasteiger partial charge is 0.161 e. The molecule has 3 heteroatoms. The lowest BCUT2D eigenvalue weighted by Gasteiger charge is -2.01. The zero-order chi connectivity index (χ0) is 12.0. The van der Waals surface area contributed by atoms with Crippen molar-refractivity contribution in [3.8, 4) is 0 Å². The molecule has 0 aliphatic carbocycles. The van der Waals surface area contributed by atoms with Crippen LogP contribution in [0.1, 0.15) is 29.3 Å². The van der Waals surface area contributed by atoms with Gasteiger partial charge in [0.25, 0.3) is 0 Å². The van der Waals surface area contributed by atoms with Crippen LogP contribution in [0.25, 0.3) is 6.08 Å². The molecule has 0 bridgehead atoms. The molecule has 0 radical (unpaired) electrons. The van der Waals surface area contributed by atoms with Crippen molar-refractivity contribution >= 4 is 23.5 Å². The third-order valence-electron chi connectivity index (χ3n) is 2.24. The van der Waals surface area contributed by atoms with E-state index < -0.39 is 0 Å². The molecule has 1 N–H and O–H groups in total. The van der Waals surface area contributed by atoms with Crippen LogP contribution in [-0.2, 0) is 0 Å². The van der Waals surface area contributed by atoms with Crippen LogP contribution in [0.4, 0.5) is 0 Å². The summed E-state index contributed by atoms with van der Waals surface area (Å²) in [4.78, 5) is 11.2. The highest BCUT2D eigenvalue weighted by Crippen LogP contribution is 2.19.